The van der Waals surface area contributed by atoms with Crippen LogP contribution in [0.2, 0.25) is 0 Å². The van der Waals surface area contributed by atoms with Gasteiger partial charge in [-0.25, -0.2) is 0 Å². The van der Waals surface area contributed by atoms with Crippen LogP contribution in [-0.2, 0) is 0 Å². The average Bonchev–Trinajstić information content (AvgIpc) is 2.86. The highest BCUT2D eigenvalue weighted by molar-refractivity contribution is 9.10. The Morgan fingerprint density at radius 2 is 2.16 bits per heavy atom. The van der Waals surface area contributed by atoms with Crippen molar-refractivity contribution in [1.82, 2.24) is 9.55 Å². The molecule has 0 bridgehead atoms. The van der Waals surface area contributed by atoms with Gasteiger partial charge in [-0.1, -0.05) is 15.9 Å². The van der Waals surface area contributed by atoms with Gasteiger partial charge in [0.25, 0.3) is 0 Å². The van der Waals surface area contributed by atoms with E-state index in [2.05, 4.69) is 27.0 Å². The van der Waals surface area contributed by atoms with Crippen LogP contribution in [0, 0.1) is 11.3 Å². The third-order valence-corrected chi connectivity index (χ3v) is 3.43. The molecule has 0 unspecified atom stereocenters. The molecular formula is C14H9BrN4. The van der Waals surface area contributed by atoms with Crippen molar-refractivity contribution in [2.24, 2.45) is 0 Å². The van der Waals surface area contributed by atoms with Gasteiger partial charge >= 0.3 is 0 Å². The van der Waals surface area contributed by atoms with E-state index in [0.29, 0.717) is 11.4 Å². The minimum atomic E-state index is 0.540. The molecule has 0 amide bonds. The number of nitrogens with zero attached hydrogens (tertiary/aromatic N) is 3. The summed E-state index contributed by atoms with van der Waals surface area (Å²) in [7, 11) is 0. The summed E-state index contributed by atoms with van der Waals surface area (Å²) in [4.78, 5) is 4.31. The summed E-state index contributed by atoms with van der Waals surface area (Å²) in [6.45, 7) is 0. The van der Waals surface area contributed by atoms with Crippen molar-refractivity contribution in [3.63, 3.8) is 0 Å². The molecule has 3 aromatic rings. The Morgan fingerprint density at radius 1 is 1.32 bits per heavy atom. The van der Waals surface area contributed by atoms with Crippen molar-refractivity contribution in [2.45, 2.75) is 0 Å². The largest absolute Gasteiger partial charge is 0.396 e. The van der Waals surface area contributed by atoms with Gasteiger partial charge in [-0.05, 0) is 30.3 Å². The van der Waals surface area contributed by atoms with Crippen LogP contribution in [0.25, 0.3) is 16.6 Å². The van der Waals surface area contributed by atoms with Gasteiger partial charge in [-0.2, -0.15) is 5.26 Å². The first-order chi connectivity index (χ1) is 9.20. The first-order valence-corrected chi connectivity index (χ1v) is 6.41. The Morgan fingerprint density at radius 3 is 2.95 bits per heavy atom. The summed E-state index contributed by atoms with van der Waals surface area (Å²) < 4.78 is 2.73. The Kier molecular flexibility index (Phi) is 2.73. The summed E-state index contributed by atoms with van der Waals surface area (Å²) in [5.41, 5.74) is 8.75. The summed E-state index contributed by atoms with van der Waals surface area (Å²) in [5.74, 6) is 0. The third kappa shape index (κ3) is 1.86. The number of anilines is 1. The highest BCUT2D eigenvalue weighted by Crippen LogP contribution is 2.29. The van der Waals surface area contributed by atoms with Crippen molar-refractivity contribution < 1.29 is 0 Å². The third-order valence-electron chi connectivity index (χ3n) is 2.93. The standard InChI is InChI=1S/C14H9BrN4/c15-9-3-4-13-11(6-9)14(12(17)8-18-13)19-5-1-2-10(19)7-16/h1-6,8H,17H2. The van der Waals surface area contributed by atoms with Gasteiger partial charge < -0.3 is 10.3 Å². The van der Waals surface area contributed by atoms with E-state index < -0.39 is 0 Å². The number of halogens is 1. The summed E-state index contributed by atoms with van der Waals surface area (Å²) >= 11 is 3.45. The number of fused-ring (bicyclic) bond motifs is 1. The number of benzene rings is 1. The van der Waals surface area contributed by atoms with E-state index in [0.717, 1.165) is 21.1 Å². The number of nitrogen functional groups attached to an aromatic ring is 1. The molecule has 19 heavy (non-hydrogen) atoms. The maximum Gasteiger partial charge on any atom is 0.124 e. The Labute approximate surface area is 118 Å². The average molecular weight is 313 g/mol. The molecule has 2 heterocycles. The smallest absolute Gasteiger partial charge is 0.124 e. The van der Waals surface area contributed by atoms with Crippen LogP contribution in [0.3, 0.4) is 0 Å². The molecule has 0 saturated carbocycles. The molecule has 1 aromatic carbocycles. The topological polar surface area (TPSA) is 67.6 Å². The highest BCUT2D eigenvalue weighted by atomic mass is 79.9. The monoisotopic (exact) mass is 312 g/mol. The highest BCUT2D eigenvalue weighted by Gasteiger charge is 2.11. The van der Waals surface area contributed by atoms with Gasteiger partial charge in [0.05, 0.1) is 23.1 Å². The first-order valence-electron chi connectivity index (χ1n) is 5.62. The van der Waals surface area contributed by atoms with Gasteiger partial charge in [0.2, 0.25) is 0 Å². The molecule has 2 aromatic heterocycles. The minimum Gasteiger partial charge on any atom is -0.396 e. The number of nitrogens with two attached hydrogens (primary N) is 1. The fraction of sp³-hybridized carbons (Fsp3) is 0. The lowest BCUT2D eigenvalue weighted by Crippen LogP contribution is -2.02. The van der Waals surface area contributed by atoms with Crippen molar-refractivity contribution in [2.75, 3.05) is 5.73 Å². The van der Waals surface area contributed by atoms with Gasteiger partial charge in [0.1, 0.15) is 11.8 Å². The normalized spacial score (nSPS) is 10.5. The molecule has 0 fully saturated rings. The number of nitriles is 1. The van der Waals surface area contributed by atoms with E-state index in [-0.39, 0.29) is 0 Å². The Hall–Kier alpha value is -2.32. The van der Waals surface area contributed by atoms with Gasteiger partial charge in [-0.3, -0.25) is 4.98 Å². The van der Waals surface area contributed by atoms with Crippen LogP contribution < -0.4 is 5.73 Å². The molecule has 4 nitrogen and oxygen atoms in total. The predicted molar refractivity (Wildman–Crippen MR) is 77.9 cm³/mol. The van der Waals surface area contributed by atoms with Crippen LogP contribution in [0.5, 0.6) is 0 Å². The Balaban J connectivity index is 2.43. The minimum absolute atomic E-state index is 0.540. The van der Waals surface area contributed by atoms with E-state index in [1.807, 2.05) is 30.5 Å². The van der Waals surface area contributed by atoms with E-state index in [1.165, 1.54) is 0 Å². The van der Waals surface area contributed by atoms with Crippen molar-refractivity contribution in [3.8, 4) is 11.8 Å². The molecule has 0 saturated heterocycles. The molecule has 2 N–H and O–H groups in total. The number of hydrogen-bond acceptors (Lipinski definition) is 3. The number of aromatic nitrogens is 2. The molecule has 0 aliphatic heterocycles. The van der Waals surface area contributed by atoms with Gasteiger partial charge in [0.15, 0.2) is 0 Å². The van der Waals surface area contributed by atoms with Crippen LogP contribution in [-0.4, -0.2) is 9.55 Å². The lowest BCUT2D eigenvalue weighted by molar-refractivity contribution is 1.06. The molecule has 92 valence electrons. The lowest BCUT2D eigenvalue weighted by Gasteiger charge is -2.12. The zero-order chi connectivity index (χ0) is 13.4. The number of pyridine rings is 1. The van der Waals surface area contributed by atoms with E-state index >= 15 is 0 Å². The quantitative estimate of drug-likeness (QED) is 0.750. The zero-order valence-corrected chi connectivity index (χ0v) is 11.4. The van der Waals surface area contributed by atoms with Crippen LogP contribution >= 0.6 is 15.9 Å². The molecule has 5 heteroatoms. The van der Waals surface area contributed by atoms with Crippen LogP contribution in [0.15, 0.2) is 47.2 Å². The second kappa shape index (κ2) is 4.41. The van der Waals surface area contributed by atoms with E-state index in [4.69, 9.17) is 11.0 Å². The molecule has 0 radical (unpaired) electrons. The molecule has 0 aliphatic carbocycles. The van der Waals surface area contributed by atoms with Crippen molar-refractivity contribution in [3.05, 3.63) is 52.9 Å². The number of rotatable bonds is 1. The van der Waals surface area contributed by atoms with E-state index in [1.54, 1.807) is 16.8 Å². The fourth-order valence-corrected chi connectivity index (χ4v) is 2.46. The van der Waals surface area contributed by atoms with Gasteiger partial charge in [-0.15, -0.1) is 0 Å². The first kappa shape index (κ1) is 11.8. The maximum absolute atomic E-state index is 9.15. The molecular weight excluding hydrogens is 304 g/mol. The molecule has 0 aliphatic rings. The second-order valence-corrected chi connectivity index (χ2v) is 5.01. The van der Waals surface area contributed by atoms with Crippen LogP contribution in [0.4, 0.5) is 5.69 Å². The molecule has 3 rings (SSSR count). The summed E-state index contributed by atoms with van der Waals surface area (Å²) in [5, 5.41) is 10.1. The fourth-order valence-electron chi connectivity index (χ4n) is 2.10. The van der Waals surface area contributed by atoms with Gasteiger partial charge in [0, 0.05) is 16.1 Å². The lowest BCUT2D eigenvalue weighted by atomic mass is 10.1. The number of hydrogen-bond donors (Lipinski definition) is 1. The van der Waals surface area contributed by atoms with Crippen molar-refractivity contribution in [1.29, 1.82) is 5.26 Å². The predicted octanol–water partition coefficient (Wildman–Crippen LogP) is 3.24. The molecule has 0 spiro atoms. The van der Waals surface area contributed by atoms with Crippen molar-refractivity contribution >= 4 is 32.5 Å². The summed E-state index contributed by atoms with van der Waals surface area (Å²) in [6, 6.07) is 11.5. The summed E-state index contributed by atoms with van der Waals surface area (Å²) in [6.07, 6.45) is 3.44. The Bertz CT molecular complexity index is 809. The van der Waals surface area contributed by atoms with E-state index in [9.17, 15) is 0 Å². The molecule has 0 atom stereocenters. The van der Waals surface area contributed by atoms with Crippen LogP contribution in [0.1, 0.15) is 5.69 Å². The second-order valence-electron chi connectivity index (χ2n) is 4.10. The maximum atomic E-state index is 9.15. The zero-order valence-electron chi connectivity index (χ0n) is 9.84. The SMILES string of the molecule is N#Cc1cccn1-c1c(N)cnc2ccc(Br)cc12.